The minimum Gasteiger partial charge on any atom is -0.392 e. The first-order valence-electron chi connectivity index (χ1n) is 7.35. The number of nitrogens with zero attached hydrogens (tertiary/aromatic N) is 1. The number of aliphatic hydroxyl groups is 1. The van der Waals surface area contributed by atoms with Gasteiger partial charge in [0.2, 0.25) is 0 Å². The fraction of sp³-hybridized carbons (Fsp3) is 0.167. The van der Waals surface area contributed by atoms with Crippen molar-refractivity contribution in [2.24, 2.45) is 0 Å². The average molecular weight is 328 g/mol. The lowest BCUT2D eigenvalue weighted by molar-refractivity contribution is 0.280. The lowest BCUT2D eigenvalue weighted by Gasteiger charge is -2.07. The Hall–Kier alpha value is -2.08. The van der Waals surface area contributed by atoms with E-state index < -0.39 is 0 Å². The van der Waals surface area contributed by atoms with Crippen LogP contribution in [0.3, 0.4) is 0 Å². The number of aliphatic hydroxyl groups excluding tert-OH is 1. The van der Waals surface area contributed by atoms with E-state index in [0.717, 1.165) is 27.4 Å². The minimum atomic E-state index is -0.241. The van der Waals surface area contributed by atoms with Crippen LogP contribution < -0.4 is 5.32 Å². The molecule has 0 saturated heterocycles. The zero-order valence-electron chi connectivity index (χ0n) is 12.5. The highest BCUT2D eigenvalue weighted by molar-refractivity contribution is 7.13. The van der Waals surface area contributed by atoms with Crippen LogP contribution in [0, 0.1) is 5.82 Å². The van der Waals surface area contributed by atoms with Gasteiger partial charge in [-0.2, -0.15) is 0 Å². The topological polar surface area (TPSA) is 45.1 Å². The van der Waals surface area contributed by atoms with Crippen molar-refractivity contribution in [2.45, 2.75) is 19.7 Å². The summed E-state index contributed by atoms with van der Waals surface area (Å²) in [6.07, 6.45) is 0. The van der Waals surface area contributed by atoms with Gasteiger partial charge >= 0.3 is 0 Å². The van der Waals surface area contributed by atoms with Crippen LogP contribution in [0.4, 0.5) is 4.39 Å². The van der Waals surface area contributed by atoms with E-state index in [1.165, 1.54) is 12.1 Å². The van der Waals surface area contributed by atoms with Crippen LogP contribution in [0.15, 0.2) is 53.9 Å². The molecular formula is C18H17FN2OS. The molecule has 0 bridgehead atoms. The lowest BCUT2D eigenvalue weighted by atomic mass is 10.1. The quantitative estimate of drug-likeness (QED) is 0.725. The Kier molecular flexibility index (Phi) is 5.12. The minimum absolute atomic E-state index is 0.0449. The zero-order chi connectivity index (χ0) is 16.1. The largest absolute Gasteiger partial charge is 0.392 e. The second-order valence-corrected chi connectivity index (χ2v) is 6.04. The number of hydrogen-bond donors (Lipinski definition) is 2. The van der Waals surface area contributed by atoms with E-state index in [1.807, 2.05) is 29.6 Å². The van der Waals surface area contributed by atoms with Gasteiger partial charge in [-0.05, 0) is 35.4 Å². The van der Waals surface area contributed by atoms with E-state index in [-0.39, 0.29) is 12.4 Å². The summed E-state index contributed by atoms with van der Waals surface area (Å²) in [5, 5.41) is 15.5. The van der Waals surface area contributed by atoms with Gasteiger partial charge in [-0.1, -0.05) is 24.3 Å². The van der Waals surface area contributed by atoms with Crippen molar-refractivity contribution >= 4 is 11.3 Å². The molecule has 5 heteroatoms. The Morgan fingerprint density at radius 1 is 1.00 bits per heavy atom. The molecule has 2 aromatic carbocycles. The van der Waals surface area contributed by atoms with Crippen molar-refractivity contribution in [1.29, 1.82) is 0 Å². The normalized spacial score (nSPS) is 10.9. The fourth-order valence-electron chi connectivity index (χ4n) is 2.32. The van der Waals surface area contributed by atoms with E-state index in [4.69, 9.17) is 0 Å². The van der Waals surface area contributed by atoms with Crippen molar-refractivity contribution in [3.63, 3.8) is 0 Å². The van der Waals surface area contributed by atoms with Gasteiger partial charge in [-0.25, -0.2) is 9.37 Å². The Labute approximate surface area is 138 Å². The molecule has 0 saturated carbocycles. The third-order valence-electron chi connectivity index (χ3n) is 3.55. The van der Waals surface area contributed by atoms with Gasteiger partial charge in [0.25, 0.3) is 0 Å². The van der Waals surface area contributed by atoms with E-state index in [9.17, 15) is 9.50 Å². The highest BCUT2D eigenvalue weighted by Crippen LogP contribution is 2.23. The van der Waals surface area contributed by atoms with Gasteiger partial charge in [0.1, 0.15) is 10.8 Å². The second-order valence-electron chi connectivity index (χ2n) is 5.18. The zero-order valence-corrected chi connectivity index (χ0v) is 13.3. The molecule has 0 radical (unpaired) electrons. The molecule has 0 aliphatic rings. The van der Waals surface area contributed by atoms with Crippen LogP contribution in [-0.4, -0.2) is 10.1 Å². The summed E-state index contributed by atoms with van der Waals surface area (Å²) in [4.78, 5) is 4.57. The SMILES string of the molecule is OCc1ccccc1CNCc1csc(-c2ccc(F)cc2)n1. The smallest absolute Gasteiger partial charge is 0.123 e. The first kappa shape index (κ1) is 15.8. The van der Waals surface area contributed by atoms with Gasteiger partial charge < -0.3 is 10.4 Å². The second kappa shape index (κ2) is 7.46. The average Bonchev–Trinajstić information content (AvgIpc) is 3.05. The molecule has 0 spiro atoms. The lowest BCUT2D eigenvalue weighted by Crippen LogP contribution is -2.14. The molecular weight excluding hydrogens is 311 g/mol. The number of benzene rings is 2. The van der Waals surface area contributed by atoms with Crippen LogP contribution in [0.2, 0.25) is 0 Å². The van der Waals surface area contributed by atoms with Crippen LogP contribution >= 0.6 is 11.3 Å². The highest BCUT2D eigenvalue weighted by atomic mass is 32.1. The number of thiazole rings is 1. The summed E-state index contributed by atoms with van der Waals surface area (Å²) in [6, 6.07) is 14.2. The van der Waals surface area contributed by atoms with E-state index in [1.54, 1.807) is 23.5 Å². The van der Waals surface area contributed by atoms with Gasteiger partial charge in [0.05, 0.1) is 12.3 Å². The van der Waals surface area contributed by atoms with Gasteiger partial charge in [-0.3, -0.25) is 0 Å². The van der Waals surface area contributed by atoms with E-state index in [2.05, 4.69) is 10.3 Å². The van der Waals surface area contributed by atoms with Crippen LogP contribution in [0.25, 0.3) is 10.6 Å². The number of rotatable bonds is 6. The number of halogens is 1. The van der Waals surface area contributed by atoms with Crippen molar-refractivity contribution in [3.8, 4) is 10.6 Å². The first-order valence-corrected chi connectivity index (χ1v) is 8.23. The maximum Gasteiger partial charge on any atom is 0.123 e. The molecule has 0 fully saturated rings. The molecule has 0 aliphatic heterocycles. The molecule has 1 aromatic heterocycles. The van der Waals surface area contributed by atoms with Crippen molar-refractivity contribution in [1.82, 2.24) is 10.3 Å². The number of nitrogens with one attached hydrogen (secondary N) is 1. The molecule has 0 atom stereocenters. The summed E-state index contributed by atoms with van der Waals surface area (Å²) in [6.45, 7) is 1.38. The van der Waals surface area contributed by atoms with Gasteiger partial charge in [0.15, 0.2) is 0 Å². The molecule has 1 heterocycles. The Morgan fingerprint density at radius 3 is 2.48 bits per heavy atom. The molecule has 3 nitrogen and oxygen atoms in total. The van der Waals surface area contributed by atoms with Gasteiger partial charge in [0, 0.05) is 24.0 Å². The third-order valence-corrected chi connectivity index (χ3v) is 4.49. The Morgan fingerprint density at radius 2 is 1.74 bits per heavy atom. The van der Waals surface area contributed by atoms with Gasteiger partial charge in [-0.15, -0.1) is 11.3 Å². The van der Waals surface area contributed by atoms with Crippen molar-refractivity contribution < 1.29 is 9.50 Å². The molecule has 0 unspecified atom stereocenters. The van der Waals surface area contributed by atoms with Crippen LogP contribution in [-0.2, 0) is 19.7 Å². The predicted molar refractivity (Wildman–Crippen MR) is 90.4 cm³/mol. The Balaban J connectivity index is 1.60. The molecule has 3 rings (SSSR count). The maximum atomic E-state index is 13.0. The number of aromatic nitrogens is 1. The molecule has 2 N–H and O–H groups in total. The predicted octanol–water partition coefficient (Wildman–Crippen LogP) is 3.73. The summed E-state index contributed by atoms with van der Waals surface area (Å²) in [5.74, 6) is -0.241. The molecule has 118 valence electrons. The summed E-state index contributed by atoms with van der Waals surface area (Å²) < 4.78 is 13.0. The number of hydrogen-bond acceptors (Lipinski definition) is 4. The molecule has 0 amide bonds. The van der Waals surface area contributed by atoms with E-state index in [0.29, 0.717) is 13.1 Å². The van der Waals surface area contributed by atoms with E-state index >= 15 is 0 Å². The molecule has 23 heavy (non-hydrogen) atoms. The third kappa shape index (κ3) is 4.01. The van der Waals surface area contributed by atoms with Crippen molar-refractivity contribution in [2.75, 3.05) is 0 Å². The first-order chi connectivity index (χ1) is 11.3. The van der Waals surface area contributed by atoms with Crippen LogP contribution in [0.5, 0.6) is 0 Å². The van der Waals surface area contributed by atoms with Crippen molar-refractivity contribution in [3.05, 3.63) is 76.5 Å². The maximum absolute atomic E-state index is 13.0. The highest BCUT2D eigenvalue weighted by Gasteiger charge is 2.05. The summed E-state index contributed by atoms with van der Waals surface area (Å²) in [7, 11) is 0. The standard InChI is InChI=1S/C18H17FN2OS/c19-16-7-5-13(6-8-16)18-21-17(12-23-18)10-20-9-14-3-1-2-4-15(14)11-22/h1-8,12,20,22H,9-11H2. The monoisotopic (exact) mass is 328 g/mol. The summed E-state index contributed by atoms with van der Waals surface area (Å²) >= 11 is 1.55. The van der Waals surface area contributed by atoms with Crippen LogP contribution in [0.1, 0.15) is 16.8 Å². The molecule has 0 aliphatic carbocycles. The summed E-state index contributed by atoms with van der Waals surface area (Å²) in [5.41, 5.74) is 3.90. The molecule has 3 aromatic rings. The Bertz CT molecular complexity index is 771. The fourth-order valence-corrected chi connectivity index (χ4v) is 3.15.